The van der Waals surface area contributed by atoms with E-state index in [0.717, 1.165) is 22.2 Å². The van der Waals surface area contributed by atoms with E-state index in [1.807, 2.05) is 54.6 Å². The number of para-hydroxylation sites is 1. The van der Waals surface area contributed by atoms with Crippen LogP contribution in [0.2, 0.25) is 0 Å². The lowest BCUT2D eigenvalue weighted by atomic mass is 10.1. The normalized spacial score (nSPS) is 12.1. The molecule has 0 saturated heterocycles. The number of hydrazone groups is 1. The monoisotopic (exact) mass is 469 g/mol. The van der Waals surface area contributed by atoms with E-state index in [9.17, 15) is 9.59 Å². The smallest absolute Gasteiger partial charge is 0.270 e. The number of hydrogen-bond donors (Lipinski definition) is 3. The summed E-state index contributed by atoms with van der Waals surface area (Å²) in [6.45, 7) is 0. The van der Waals surface area contributed by atoms with E-state index in [4.69, 9.17) is 0 Å². The fourth-order valence-corrected chi connectivity index (χ4v) is 4.20. The Morgan fingerprint density at radius 2 is 1.68 bits per heavy atom. The van der Waals surface area contributed by atoms with Gasteiger partial charge in [0.25, 0.3) is 11.1 Å². The number of nitrogens with zero attached hydrogens (tertiary/aromatic N) is 4. The van der Waals surface area contributed by atoms with Gasteiger partial charge in [-0.05, 0) is 42.3 Å². The predicted octanol–water partition coefficient (Wildman–Crippen LogP) is 4.97. The first-order valence-electron chi connectivity index (χ1n) is 10.5. The number of benzene rings is 3. The predicted molar refractivity (Wildman–Crippen MR) is 135 cm³/mol. The molecular weight excluding hydrogens is 450 g/mol. The van der Waals surface area contributed by atoms with Crippen molar-refractivity contribution in [1.29, 1.82) is 0 Å². The molecule has 9 nitrogen and oxygen atoms in total. The zero-order valence-corrected chi connectivity index (χ0v) is 18.7. The summed E-state index contributed by atoms with van der Waals surface area (Å²) in [6, 6.07) is 22.7. The minimum absolute atomic E-state index is 0.269. The van der Waals surface area contributed by atoms with Crippen LogP contribution in [0.25, 0.3) is 21.0 Å². The molecule has 3 N–H and O–H groups in total. The Balaban J connectivity index is 1.42. The molecule has 2 aromatic heterocycles. The quantitative estimate of drug-likeness (QED) is 0.140. The van der Waals surface area contributed by atoms with Crippen LogP contribution < -0.4 is 16.5 Å². The van der Waals surface area contributed by atoms with Gasteiger partial charge in [0, 0.05) is 6.42 Å². The summed E-state index contributed by atoms with van der Waals surface area (Å²) in [6.07, 6.45) is 1.27. The maximum Gasteiger partial charge on any atom is 0.270 e. The third-order valence-electron chi connectivity index (χ3n) is 5.13. The van der Waals surface area contributed by atoms with Crippen molar-refractivity contribution >= 4 is 49.0 Å². The van der Waals surface area contributed by atoms with Crippen molar-refractivity contribution in [1.82, 2.24) is 15.2 Å². The lowest BCUT2D eigenvalue weighted by Gasteiger charge is -2.05. The Morgan fingerprint density at radius 1 is 0.912 bits per heavy atom. The number of aromatic amines is 2. The van der Waals surface area contributed by atoms with E-state index < -0.39 is 0 Å². The van der Waals surface area contributed by atoms with Gasteiger partial charge >= 0.3 is 0 Å². The second kappa shape index (κ2) is 9.59. The molecular formula is C24H19N7O2S. The molecule has 0 saturated carbocycles. The average molecular weight is 470 g/mol. The van der Waals surface area contributed by atoms with Crippen LogP contribution in [-0.4, -0.2) is 21.0 Å². The highest BCUT2D eigenvalue weighted by molar-refractivity contribution is 7.21. The molecule has 0 bridgehead atoms. The summed E-state index contributed by atoms with van der Waals surface area (Å²) < 4.78 is 1.04. The number of nitrogens with one attached hydrogen (secondary N) is 3. The Hall–Kier alpha value is -4.44. The van der Waals surface area contributed by atoms with Crippen LogP contribution in [-0.2, 0) is 6.42 Å². The van der Waals surface area contributed by atoms with Crippen LogP contribution in [0, 0.1) is 0 Å². The van der Waals surface area contributed by atoms with E-state index in [2.05, 4.69) is 35.9 Å². The molecule has 0 amide bonds. The lowest BCUT2D eigenvalue weighted by Crippen LogP contribution is -2.18. The Kier molecular flexibility index (Phi) is 6.04. The zero-order valence-electron chi connectivity index (χ0n) is 17.9. The maximum atomic E-state index is 12.1. The van der Waals surface area contributed by atoms with E-state index in [0.29, 0.717) is 28.5 Å². The van der Waals surface area contributed by atoms with E-state index in [-0.39, 0.29) is 16.5 Å². The molecule has 0 spiro atoms. The van der Waals surface area contributed by atoms with Gasteiger partial charge in [-0.15, -0.1) is 10.2 Å². The largest absolute Gasteiger partial charge is 0.277 e. The molecule has 2 heterocycles. The van der Waals surface area contributed by atoms with Gasteiger partial charge in [0.05, 0.1) is 26.7 Å². The van der Waals surface area contributed by atoms with Gasteiger partial charge in [0.15, 0.2) is 5.84 Å². The second-order valence-corrected chi connectivity index (χ2v) is 8.47. The minimum Gasteiger partial charge on any atom is -0.277 e. The van der Waals surface area contributed by atoms with Crippen molar-refractivity contribution < 1.29 is 0 Å². The first-order chi connectivity index (χ1) is 16.7. The van der Waals surface area contributed by atoms with Crippen LogP contribution in [0.3, 0.4) is 0 Å². The highest BCUT2D eigenvalue weighted by atomic mass is 32.1. The van der Waals surface area contributed by atoms with Crippen LogP contribution >= 0.6 is 11.3 Å². The summed E-state index contributed by atoms with van der Waals surface area (Å²) in [7, 11) is 0. The fourth-order valence-electron chi connectivity index (χ4n) is 3.41. The van der Waals surface area contributed by atoms with Crippen molar-refractivity contribution in [3.8, 4) is 0 Å². The van der Waals surface area contributed by atoms with E-state index in [1.165, 1.54) is 11.3 Å². The van der Waals surface area contributed by atoms with Gasteiger partial charge in [0.1, 0.15) is 0 Å². The van der Waals surface area contributed by atoms with Gasteiger partial charge in [-0.1, -0.05) is 53.8 Å². The van der Waals surface area contributed by atoms with Crippen molar-refractivity contribution in [3.05, 3.63) is 99.1 Å². The third-order valence-corrected chi connectivity index (χ3v) is 6.05. The number of amidine groups is 1. The molecule has 168 valence electrons. The Labute approximate surface area is 196 Å². The number of aryl methyl sites for hydroxylation is 1. The molecule has 0 aliphatic rings. The molecule has 0 aliphatic heterocycles. The summed E-state index contributed by atoms with van der Waals surface area (Å²) in [4.78, 5) is 28.5. The number of rotatable bonds is 6. The maximum absolute atomic E-state index is 12.1. The van der Waals surface area contributed by atoms with Crippen molar-refractivity contribution in [2.45, 2.75) is 12.8 Å². The Bertz CT molecular complexity index is 1600. The number of fused-ring (bicyclic) bond motifs is 2. The lowest BCUT2D eigenvalue weighted by molar-refractivity contribution is 0.976. The number of hydrogen-bond acceptors (Lipinski definition) is 7. The molecule has 0 fully saturated rings. The van der Waals surface area contributed by atoms with Gasteiger partial charge in [-0.25, -0.2) is 4.98 Å². The molecule has 0 radical (unpaired) electrons. The number of H-pyrrole nitrogens is 2. The topological polar surface area (TPSA) is 128 Å². The van der Waals surface area contributed by atoms with Gasteiger partial charge in [-0.3, -0.25) is 25.2 Å². The van der Waals surface area contributed by atoms with E-state index >= 15 is 0 Å². The SMILES string of the molecule is O=c1[nH][nH]c(=O)c2cc(N/N=C(\CCc3ccccc3)N=Nc3nc4ccccc4s3)ccc12. The molecule has 3 aromatic carbocycles. The molecule has 5 rings (SSSR count). The third kappa shape index (κ3) is 4.81. The number of aromatic nitrogens is 3. The number of thiazole rings is 1. The van der Waals surface area contributed by atoms with Crippen LogP contribution in [0.4, 0.5) is 10.8 Å². The average Bonchev–Trinajstić information content (AvgIpc) is 3.29. The molecule has 0 unspecified atom stereocenters. The number of anilines is 1. The molecule has 0 atom stereocenters. The first-order valence-corrected chi connectivity index (χ1v) is 11.4. The summed E-state index contributed by atoms with van der Waals surface area (Å²) in [5.41, 5.74) is 4.76. The van der Waals surface area contributed by atoms with Crippen LogP contribution in [0.15, 0.2) is 97.7 Å². The summed E-state index contributed by atoms with van der Waals surface area (Å²) >= 11 is 1.45. The number of azo groups is 1. The van der Waals surface area contributed by atoms with Gasteiger partial charge in [-0.2, -0.15) is 5.10 Å². The van der Waals surface area contributed by atoms with Crippen molar-refractivity contribution in [2.24, 2.45) is 15.3 Å². The molecule has 5 aromatic rings. The molecule has 10 heteroatoms. The second-order valence-electron chi connectivity index (χ2n) is 7.46. The van der Waals surface area contributed by atoms with Crippen LogP contribution in [0.5, 0.6) is 0 Å². The standard InChI is InChI=1S/C24H19N7O2S/c32-22-17-12-11-16(14-18(17)23(33)30-29-22)26-27-21(13-10-15-6-2-1-3-7-15)28-31-24-25-19-8-4-5-9-20(19)34-24/h1-9,11-12,14,26H,10,13H2,(H,29,32)(H,30,33)/b27-21+,31-28?. The highest BCUT2D eigenvalue weighted by Crippen LogP contribution is 2.28. The Morgan fingerprint density at radius 3 is 2.50 bits per heavy atom. The highest BCUT2D eigenvalue weighted by Gasteiger charge is 2.06. The fraction of sp³-hybridized carbons (Fsp3) is 0.0833. The summed E-state index contributed by atoms with van der Waals surface area (Å²) in [5, 5.41) is 18.8. The van der Waals surface area contributed by atoms with Crippen LogP contribution in [0.1, 0.15) is 12.0 Å². The molecule has 0 aliphatic carbocycles. The summed E-state index contributed by atoms with van der Waals surface area (Å²) in [5.74, 6) is 0.475. The van der Waals surface area contributed by atoms with Gasteiger partial charge < -0.3 is 0 Å². The first kappa shape index (κ1) is 21.4. The van der Waals surface area contributed by atoms with Crippen molar-refractivity contribution in [2.75, 3.05) is 5.43 Å². The van der Waals surface area contributed by atoms with Crippen molar-refractivity contribution in [3.63, 3.8) is 0 Å². The zero-order chi connectivity index (χ0) is 23.3. The molecule has 34 heavy (non-hydrogen) atoms. The van der Waals surface area contributed by atoms with E-state index in [1.54, 1.807) is 18.2 Å². The minimum atomic E-state index is -0.387. The van der Waals surface area contributed by atoms with Gasteiger partial charge in [0.2, 0.25) is 5.13 Å².